The van der Waals surface area contributed by atoms with E-state index in [1.54, 1.807) is 24.3 Å². The fourth-order valence-electron chi connectivity index (χ4n) is 2.66. The van der Waals surface area contributed by atoms with Gasteiger partial charge in [-0.25, -0.2) is 4.39 Å². The lowest BCUT2D eigenvalue weighted by molar-refractivity contribution is -0.384. The van der Waals surface area contributed by atoms with Crippen molar-refractivity contribution in [2.45, 2.75) is 12.7 Å². The summed E-state index contributed by atoms with van der Waals surface area (Å²) in [7, 11) is 0. The van der Waals surface area contributed by atoms with Crippen molar-refractivity contribution in [3.8, 4) is 0 Å². The second-order valence-electron chi connectivity index (χ2n) is 6.58. The molecule has 0 aliphatic rings. The molecule has 3 rings (SSSR count). The molecule has 0 saturated carbocycles. The smallest absolute Gasteiger partial charge is 0.270 e. The highest BCUT2D eigenvalue weighted by atomic mass is 35.5. The molecule has 30 heavy (non-hydrogen) atoms. The van der Waals surface area contributed by atoms with E-state index in [0.717, 1.165) is 29.3 Å². The second-order valence-corrected chi connectivity index (χ2v) is 8.04. The number of Topliss-reactive ketones (excluding diaryl/α,β-unsaturated/α-hetero) is 1. The molecule has 0 spiro atoms. The standard InChI is InChI=1S/C23H17ClFNO3S/c1-15-2-4-16(5-3-15)14-30-22(23(27)17-6-8-19(24)9-7-17)13-18-12-20(26(28)29)10-11-21(18)25/h2-13H,14H2,1H3. The van der Waals surface area contributed by atoms with Crippen molar-refractivity contribution in [2.75, 3.05) is 0 Å². The van der Waals surface area contributed by atoms with Gasteiger partial charge in [-0.05, 0) is 48.9 Å². The van der Waals surface area contributed by atoms with Gasteiger partial charge in [0.2, 0.25) is 0 Å². The van der Waals surface area contributed by atoms with Gasteiger partial charge < -0.3 is 0 Å². The van der Waals surface area contributed by atoms with Crippen LogP contribution in [0, 0.1) is 22.9 Å². The Bertz CT molecular complexity index is 1110. The largest absolute Gasteiger partial charge is 0.288 e. The van der Waals surface area contributed by atoms with Crippen molar-refractivity contribution < 1.29 is 14.1 Å². The third-order valence-corrected chi connectivity index (χ3v) is 5.67. The van der Waals surface area contributed by atoms with Crippen molar-refractivity contribution in [2.24, 2.45) is 0 Å². The summed E-state index contributed by atoms with van der Waals surface area (Å²) in [6.07, 6.45) is 1.36. The number of allylic oxidation sites excluding steroid dienone is 1. The maximum atomic E-state index is 14.3. The minimum absolute atomic E-state index is 0.0158. The number of nitrogens with zero attached hydrogens (tertiary/aromatic N) is 1. The minimum Gasteiger partial charge on any atom is -0.288 e. The van der Waals surface area contributed by atoms with Gasteiger partial charge in [0.05, 0.1) is 9.83 Å². The first-order valence-corrected chi connectivity index (χ1v) is 10.3. The molecular formula is C23H17ClFNO3S. The van der Waals surface area contributed by atoms with Gasteiger partial charge in [-0.3, -0.25) is 14.9 Å². The van der Waals surface area contributed by atoms with Crippen LogP contribution in [-0.2, 0) is 5.75 Å². The number of thioether (sulfide) groups is 1. The molecule has 0 unspecified atom stereocenters. The van der Waals surface area contributed by atoms with E-state index < -0.39 is 10.7 Å². The first-order chi connectivity index (χ1) is 14.3. The number of hydrogen-bond donors (Lipinski definition) is 0. The second kappa shape index (κ2) is 9.69. The average Bonchev–Trinajstić information content (AvgIpc) is 2.73. The zero-order chi connectivity index (χ0) is 21.7. The highest BCUT2D eigenvalue weighted by Crippen LogP contribution is 2.29. The number of ketones is 1. The molecule has 3 aromatic rings. The van der Waals surface area contributed by atoms with E-state index in [0.29, 0.717) is 16.3 Å². The minimum atomic E-state index is -0.641. The van der Waals surface area contributed by atoms with E-state index >= 15 is 0 Å². The third-order valence-electron chi connectivity index (χ3n) is 4.32. The first-order valence-electron chi connectivity index (χ1n) is 8.98. The summed E-state index contributed by atoms with van der Waals surface area (Å²) in [5.41, 5.74) is 2.26. The highest BCUT2D eigenvalue weighted by Gasteiger charge is 2.16. The number of non-ortho nitro benzene ring substituents is 1. The maximum Gasteiger partial charge on any atom is 0.270 e. The van der Waals surface area contributed by atoms with Crippen LogP contribution >= 0.6 is 23.4 Å². The quantitative estimate of drug-likeness (QED) is 0.174. The van der Waals surface area contributed by atoms with Gasteiger partial charge in [-0.2, -0.15) is 0 Å². The van der Waals surface area contributed by atoms with E-state index in [1.165, 1.54) is 17.8 Å². The first kappa shape index (κ1) is 21.7. The molecule has 152 valence electrons. The van der Waals surface area contributed by atoms with E-state index in [4.69, 9.17) is 11.6 Å². The fraction of sp³-hybridized carbons (Fsp3) is 0.0870. The van der Waals surface area contributed by atoms with Crippen LogP contribution in [0.15, 0.2) is 71.6 Å². The predicted molar refractivity (Wildman–Crippen MR) is 119 cm³/mol. The lowest BCUT2D eigenvalue weighted by Crippen LogP contribution is -2.02. The van der Waals surface area contributed by atoms with Crippen molar-refractivity contribution >= 4 is 40.9 Å². The van der Waals surface area contributed by atoms with Crippen molar-refractivity contribution in [3.63, 3.8) is 0 Å². The summed E-state index contributed by atoms with van der Waals surface area (Å²) < 4.78 is 14.3. The van der Waals surface area contributed by atoms with E-state index in [1.807, 2.05) is 31.2 Å². The van der Waals surface area contributed by atoms with Crippen LogP contribution in [0.4, 0.5) is 10.1 Å². The monoisotopic (exact) mass is 441 g/mol. The normalized spacial score (nSPS) is 11.4. The Balaban J connectivity index is 1.97. The van der Waals surface area contributed by atoms with E-state index in [9.17, 15) is 19.3 Å². The third kappa shape index (κ3) is 5.55. The van der Waals surface area contributed by atoms with Gasteiger partial charge in [-0.1, -0.05) is 41.4 Å². The molecule has 0 bridgehead atoms. The molecule has 0 radical (unpaired) electrons. The van der Waals surface area contributed by atoms with Gasteiger partial charge in [0.15, 0.2) is 5.78 Å². The molecule has 3 aromatic carbocycles. The maximum absolute atomic E-state index is 14.3. The lowest BCUT2D eigenvalue weighted by atomic mass is 10.1. The van der Waals surface area contributed by atoms with Crippen molar-refractivity contribution in [1.29, 1.82) is 0 Å². The van der Waals surface area contributed by atoms with E-state index in [-0.39, 0.29) is 21.9 Å². The summed E-state index contributed by atoms with van der Waals surface area (Å²) in [4.78, 5) is 23.8. The molecule has 0 atom stereocenters. The number of rotatable bonds is 7. The summed E-state index contributed by atoms with van der Waals surface area (Å²) in [5, 5.41) is 11.5. The Labute approximate surface area is 182 Å². The lowest BCUT2D eigenvalue weighted by Gasteiger charge is -2.09. The van der Waals surface area contributed by atoms with Gasteiger partial charge in [-0.15, -0.1) is 11.8 Å². The Morgan fingerprint density at radius 2 is 1.77 bits per heavy atom. The number of nitro benzene ring substituents is 1. The molecule has 0 saturated heterocycles. The summed E-state index contributed by atoms with van der Waals surface area (Å²) in [6.45, 7) is 1.98. The molecule has 0 aliphatic carbocycles. The molecule has 4 nitrogen and oxygen atoms in total. The van der Waals surface area contributed by atoms with Crippen molar-refractivity contribution in [3.05, 3.63) is 115 Å². The van der Waals surface area contributed by atoms with Crippen molar-refractivity contribution in [1.82, 2.24) is 0 Å². The number of carbonyl (C=O) groups excluding carboxylic acids is 1. The summed E-state index contributed by atoms with van der Waals surface area (Å²) >= 11 is 7.15. The van der Waals surface area contributed by atoms with Crippen LogP contribution in [0.3, 0.4) is 0 Å². The van der Waals surface area contributed by atoms with Gasteiger partial charge in [0.25, 0.3) is 5.69 Å². The number of benzene rings is 3. The highest BCUT2D eigenvalue weighted by molar-refractivity contribution is 8.03. The number of carbonyl (C=O) groups is 1. The Kier molecular flexibility index (Phi) is 7.03. The van der Waals surface area contributed by atoms with Crippen LogP contribution in [0.25, 0.3) is 6.08 Å². The van der Waals surface area contributed by atoms with E-state index in [2.05, 4.69) is 0 Å². The summed E-state index contributed by atoms with van der Waals surface area (Å²) in [6, 6.07) is 17.5. The molecule has 0 aliphatic heterocycles. The van der Waals surface area contributed by atoms with Gasteiger partial charge >= 0.3 is 0 Å². The molecule has 0 N–H and O–H groups in total. The molecule has 0 amide bonds. The predicted octanol–water partition coefficient (Wildman–Crippen LogP) is 6.85. The van der Waals surface area contributed by atoms with Crippen LogP contribution in [0.1, 0.15) is 27.0 Å². The fourth-order valence-corrected chi connectivity index (χ4v) is 3.76. The molecule has 0 heterocycles. The Morgan fingerprint density at radius 3 is 2.40 bits per heavy atom. The topological polar surface area (TPSA) is 60.2 Å². The Morgan fingerprint density at radius 1 is 1.10 bits per heavy atom. The van der Waals surface area contributed by atoms with Gasteiger partial charge in [0.1, 0.15) is 5.82 Å². The zero-order valence-corrected chi connectivity index (χ0v) is 17.5. The zero-order valence-electron chi connectivity index (χ0n) is 16.0. The molecular weight excluding hydrogens is 425 g/mol. The summed E-state index contributed by atoms with van der Waals surface area (Å²) in [5.74, 6) is -0.463. The molecule has 0 fully saturated rings. The van der Waals surface area contributed by atoms with Gasteiger partial charge in [0, 0.05) is 34.0 Å². The number of aryl methyl sites for hydroxylation is 1. The molecule has 0 aromatic heterocycles. The van der Waals surface area contributed by atoms with Crippen LogP contribution in [0.5, 0.6) is 0 Å². The van der Waals surface area contributed by atoms with Crippen LogP contribution in [0.2, 0.25) is 5.02 Å². The van der Waals surface area contributed by atoms with Crippen LogP contribution < -0.4 is 0 Å². The Hall–Kier alpha value is -2.96. The average molecular weight is 442 g/mol. The number of hydrogen-bond acceptors (Lipinski definition) is 4. The number of nitro groups is 1. The SMILES string of the molecule is Cc1ccc(CSC(=Cc2cc([N+](=O)[O-])ccc2F)C(=O)c2ccc(Cl)cc2)cc1. The van der Waals surface area contributed by atoms with Crippen LogP contribution in [-0.4, -0.2) is 10.7 Å². The number of halogens is 2. The molecule has 7 heteroatoms.